The van der Waals surface area contributed by atoms with Gasteiger partial charge in [0.1, 0.15) is 17.3 Å². The number of furan rings is 1. The minimum Gasteiger partial charge on any atom is -0.497 e. The Kier molecular flexibility index (Phi) is 5.03. The molecule has 6 heteroatoms. The molecular weight excluding hydrogens is 280 g/mol. The molecule has 2 rings (SSSR count). The van der Waals surface area contributed by atoms with Gasteiger partial charge in [0.05, 0.1) is 19.1 Å². The summed E-state index contributed by atoms with van der Waals surface area (Å²) in [4.78, 5) is 0. The SMILES string of the molecule is COc1ccc(OC(F)F)c(NC(C)Cc2ccco2)c1. The second-order valence-corrected chi connectivity index (χ2v) is 4.57. The van der Waals surface area contributed by atoms with Crippen molar-refractivity contribution in [3.05, 3.63) is 42.4 Å². The average molecular weight is 297 g/mol. The van der Waals surface area contributed by atoms with Crippen LogP contribution in [0.25, 0.3) is 0 Å². The molecule has 1 heterocycles. The fourth-order valence-corrected chi connectivity index (χ4v) is 1.99. The molecular formula is C15H17F2NO3. The third kappa shape index (κ3) is 4.37. The third-order valence-electron chi connectivity index (χ3n) is 2.89. The Bertz CT molecular complexity index is 558. The zero-order valence-electron chi connectivity index (χ0n) is 11.8. The van der Waals surface area contributed by atoms with E-state index in [0.29, 0.717) is 17.9 Å². The molecule has 0 aliphatic rings. The zero-order valence-corrected chi connectivity index (χ0v) is 11.8. The van der Waals surface area contributed by atoms with Gasteiger partial charge in [-0.1, -0.05) is 0 Å². The van der Waals surface area contributed by atoms with Crippen molar-refractivity contribution in [1.29, 1.82) is 0 Å². The van der Waals surface area contributed by atoms with Gasteiger partial charge in [0.25, 0.3) is 0 Å². The lowest BCUT2D eigenvalue weighted by atomic mass is 10.1. The van der Waals surface area contributed by atoms with Crippen molar-refractivity contribution in [3.8, 4) is 11.5 Å². The van der Waals surface area contributed by atoms with E-state index < -0.39 is 6.61 Å². The van der Waals surface area contributed by atoms with Gasteiger partial charge in [-0.15, -0.1) is 0 Å². The number of nitrogens with one attached hydrogen (secondary N) is 1. The summed E-state index contributed by atoms with van der Waals surface area (Å²) in [5.74, 6) is 1.45. The van der Waals surface area contributed by atoms with Crippen LogP contribution in [0.5, 0.6) is 11.5 Å². The largest absolute Gasteiger partial charge is 0.497 e. The van der Waals surface area contributed by atoms with E-state index in [2.05, 4.69) is 10.1 Å². The van der Waals surface area contributed by atoms with Crippen LogP contribution < -0.4 is 14.8 Å². The van der Waals surface area contributed by atoms with E-state index in [1.807, 2.05) is 13.0 Å². The van der Waals surface area contributed by atoms with Crippen molar-refractivity contribution < 1.29 is 22.7 Å². The van der Waals surface area contributed by atoms with Crippen LogP contribution in [0.15, 0.2) is 41.0 Å². The Balaban J connectivity index is 2.12. The predicted octanol–water partition coefficient (Wildman–Crippen LogP) is 3.93. The zero-order chi connectivity index (χ0) is 15.2. The Morgan fingerprint density at radius 3 is 2.71 bits per heavy atom. The topological polar surface area (TPSA) is 43.6 Å². The van der Waals surface area contributed by atoms with Gasteiger partial charge in [0, 0.05) is 18.5 Å². The molecule has 1 aromatic heterocycles. The maximum absolute atomic E-state index is 12.4. The number of benzene rings is 1. The summed E-state index contributed by atoms with van der Waals surface area (Å²) in [7, 11) is 1.51. The van der Waals surface area contributed by atoms with Crippen molar-refractivity contribution in [1.82, 2.24) is 0 Å². The first-order chi connectivity index (χ1) is 10.1. The smallest absolute Gasteiger partial charge is 0.387 e. The van der Waals surface area contributed by atoms with Crippen LogP contribution in [0.2, 0.25) is 0 Å². The molecule has 1 atom stereocenters. The summed E-state index contributed by atoms with van der Waals surface area (Å²) < 4.78 is 39.7. The monoisotopic (exact) mass is 297 g/mol. The highest BCUT2D eigenvalue weighted by atomic mass is 19.3. The second kappa shape index (κ2) is 6.97. The number of rotatable bonds is 7. The predicted molar refractivity (Wildman–Crippen MR) is 75.1 cm³/mol. The van der Waals surface area contributed by atoms with E-state index in [0.717, 1.165) is 5.76 Å². The maximum atomic E-state index is 12.4. The highest BCUT2D eigenvalue weighted by Gasteiger charge is 2.14. The van der Waals surface area contributed by atoms with Gasteiger partial charge < -0.3 is 19.2 Å². The molecule has 1 aromatic carbocycles. The van der Waals surface area contributed by atoms with Crippen LogP contribution in [-0.2, 0) is 6.42 Å². The Labute approximate surface area is 121 Å². The number of ether oxygens (including phenoxy) is 2. The van der Waals surface area contributed by atoms with E-state index in [9.17, 15) is 8.78 Å². The van der Waals surface area contributed by atoms with E-state index in [-0.39, 0.29) is 11.8 Å². The lowest BCUT2D eigenvalue weighted by molar-refractivity contribution is -0.0494. The van der Waals surface area contributed by atoms with Gasteiger partial charge in [0.15, 0.2) is 0 Å². The van der Waals surface area contributed by atoms with E-state index in [1.54, 1.807) is 24.5 Å². The van der Waals surface area contributed by atoms with Gasteiger partial charge in [-0.2, -0.15) is 8.78 Å². The van der Waals surface area contributed by atoms with Gasteiger partial charge in [-0.05, 0) is 31.2 Å². The summed E-state index contributed by atoms with van der Waals surface area (Å²) in [5.41, 5.74) is 0.453. The number of halogens is 2. The number of hydrogen-bond donors (Lipinski definition) is 1. The first-order valence-corrected chi connectivity index (χ1v) is 6.50. The molecule has 0 amide bonds. The Hall–Kier alpha value is -2.24. The number of alkyl halides is 2. The molecule has 0 radical (unpaired) electrons. The van der Waals surface area contributed by atoms with E-state index in [1.165, 1.54) is 13.2 Å². The van der Waals surface area contributed by atoms with Crippen LogP contribution in [-0.4, -0.2) is 19.8 Å². The molecule has 0 bridgehead atoms. The standard InChI is InChI=1S/C15H17F2NO3/c1-10(8-12-4-3-7-20-12)18-13-9-11(19-2)5-6-14(13)21-15(16)17/h3-7,9-10,15,18H,8H2,1-2H3. The van der Waals surface area contributed by atoms with Gasteiger partial charge >= 0.3 is 6.61 Å². The number of anilines is 1. The van der Waals surface area contributed by atoms with Crippen LogP contribution in [0.3, 0.4) is 0 Å². The van der Waals surface area contributed by atoms with Gasteiger partial charge in [-0.25, -0.2) is 0 Å². The fourth-order valence-electron chi connectivity index (χ4n) is 1.99. The molecule has 114 valence electrons. The molecule has 2 aromatic rings. The lowest BCUT2D eigenvalue weighted by Gasteiger charge is -2.18. The molecule has 0 aliphatic heterocycles. The molecule has 1 N–H and O–H groups in total. The summed E-state index contributed by atoms with van der Waals surface area (Å²) >= 11 is 0. The van der Waals surface area contributed by atoms with Crippen LogP contribution >= 0.6 is 0 Å². The van der Waals surface area contributed by atoms with E-state index in [4.69, 9.17) is 9.15 Å². The number of methoxy groups -OCH3 is 1. The third-order valence-corrected chi connectivity index (χ3v) is 2.89. The number of hydrogen-bond acceptors (Lipinski definition) is 4. The molecule has 0 spiro atoms. The van der Waals surface area contributed by atoms with Crippen molar-refractivity contribution >= 4 is 5.69 Å². The molecule has 0 aliphatic carbocycles. The van der Waals surface area contributed by atoms with Crippen LogP contribution in [0.4, 0.5) is 14.5 Å². The molecule has 1 unspecified atom stereocenters. The maximum Gasteiger partial charge on any atom is 0.387 e. The first kappa shape index (κ1) is 15.2. The summed E-state index contributed by atoms with van der Waals surface area (Å²) in [6, 6.07) is 8.28. The Morgan fingerprint density at radius 1 is 1.29 bits per heavy atom. The fraction of sp³-hybridized carbons (Fsp3) is 0.333. The highest BCUT2D eigenvalue weighted by Crippen LogP contribution is 2.31. The normalized spacial score (nSPS) is 12.2. The summed E-state index contributed by atoms with van der Waals surface area (Å²) in [6.07, 6.45) is 2.22. The molecule has 0 saturated carbocycles. The van der Waals surface area contributed by atoms with Gasteiger partial charge in [-0.3, -0.25) is 0 Å². The molecule has 0 fully saturated rings. The van der Waals surface area contributed by atoms with E-state index >= 15 is 0 Å². The van der Waals surface area contributed by atoms with Crippen molar-refractivity contribution in [3.63, 3.8) is 0 Å². The second-order valence-electron chi connectivity index (χ2n) is 4.57. The quantitative estimate of drug-likeness (QED) is 0.841. The molecule has 21 heavy (non-hydrogen) atoms. The van der Waals surface area contributed by atoms with Crippen LogP contribution in [0, 0.1) is 0 Å². The van der Waals surface area contributed by atoms with Gasteiger partial charge in [0.2, 0.25) is 0 Å². The molecule has 4 nitrogen and oxygen atoms in total. The average Bonchev–Trinajstić information content (AvgIpc) is 2.93. The first-order valence-electron chi connectivity index (χ1n) is 6.50. The summed E-state index contributed by atoms with van der Waals surface area (Å²) in [5, 5.41) is 3.13. The summed E-state index contributed by atoms with van der Waals surface area (Å²) in [6.45, 7) is -0.951. The molecule has 0 saturated heterocycles. The Morgan fingerprint density at radius 2 is 2.10 bits per heavy atom. The van der Waals surface area contributed by atoms with Crippen molar-refractivity contribution in [2.24, 2.45) is 0 Å². The van der Waals surface area contributed by atoms with Crippen LogP contribution in [0.1, 0.15) is 12.7 Å². The van der Waals surface area contributed by atoms with Crippen molar-refractivity contribution in [2.75, 3.05) is 12.4 Å². The minimum atomic E-state index is -2.88. The highest BCUT2D eigenvalue weighted by molar-refractivity contribution is 5.60. The minimum absolute atomic E-state index is 0.0247. The lowest BCUT2D eigenvalue weighted by Crippen LogP contribution is -2.19. The van der Waals surface area contributed by atoms with Crippen molar-refractivity contribution in [2.45, 2.75) is 26.0 Å².